The van der Waals surface area contributed by atoms with Gasteiger partial charge in [-0.05, 0) is 13.0 Å². The molecule has 0 rings (SSSR count). The molecule has 1 atom stereocenters. The van der Waals surface area contributed by atoms with Crippen molar-refractivity contribution >= 4 is 5.97 Å². The number of methoxy groups -OCH3 is 1. The Balaban J connectivity index is 3.36. The minimum absolute atomic E-state index is 0.298. The molecule has 5 heteroatoms. The van der Waals surface area contributed by atoms with Crippen molar-refractivity contribution in [3.8, 4) is 0 Å². The van der Waals surface area contributed by atoms with E-state index in [1.165, 1.54) is 7.11 Å². The van der Waals surface area contributed by atoms with Crippen LogP contribution in [0.25, 0.3) is 0 Å². The summed E-state index contributed by atoms with van der Waals surface area (Å²) >= 11 is 0. The molecule has 0 amide bonds. The lowest BCUT2D eigenvalue weighted by atomic mass is 10.5. The SMILES string of the molecule is COC(N)C(=O)OCCCN. The van der Waals surface area contributed by atoms with Crippen LogP contribution in [-0.4, -0.2) is 32.5 Å². The Morgan fingerprint density at radius 2 is 2.27 bits per heavy atom. The number of hydrogen-bond acceptors (Lipinski definition) is 5. The van der Waals surface area contributed by atoms with E-state index < -0.39 is 12.2 Å². The Hall–Kier alpha value is -0.650. The summed E-state index contributed by atoms with van der Waals surface area (Å²) in [7, 11) is 1.34. The molecule has 0 aliphatic carbocycles. The van der Waals surface area contributed by atoms with Gasteiger partial charge < -0.3 is 15.2 Å². The summed E-state index contributed by atoms with van der Waals surface area (Å²) in [4.78, 5) is 10.7. The molecule has 11 heavy (non-hydrogen) atoms. The molecule has 0 fully saturated rings. The fraction of sp³-hybridized carbons (Fsp3) is 0.833. The second kappa shape index (κ2) is 6.09. The molecule has 0 aromatic carbocycles. The smallest absolute Gasteiger partial charge is 0.350 e. The Bertz CT molecular complexity index is 118. The van der Waals surface area contributed by atoms with E-state index in [0.29, 0.717) is 19.6 Å². The van der Waals surface area contributed by atoms with Gasteiger partial charge in [-0.25, -0.2) is 4.79 Å². The predicted molar refractivity (Wildman–Crippen MR) is 39.6 cm³/mol. The van der Waals surface area contributed by atoms with Crippen molar-refractivity contribution < 1.29 is 14.3 Å². The average molecular weight is 162 g/mol. The summed E-state index contributed by atoms with van der Waals surface area (Å²) in [6.07, 6.45) is -0.338. The third-order valence-corrected chi connectivity index (χ3v) is 1.08. The standard InChI is InChI=1S/C6H14N2O3/c1-10-5(8)6(9)11-4-2-3-7/h5H,2-4,7-8H2,1H3. The average Bonchev–Trinajstić information content (AvgIpc) is 2.03. The highest BCUT2D eigenvalue weighted by Crippen LogP contribution is 1.87. The van der Waals surface area contributed by atoms with E-state index in [0.717, 1.165) is 0 Å². The van der Waals surface area contributed by atoms with Gasteiger partial charge in [-0.15, -0.1) is 0 Å². The van der Waals surface area contributed by atoms with Gasteiger partial charge in [0.25, 0.3) is 0 Å². The minimum Gasteiger partial charge on any atom is -0.463 e. The number of nitrogens with two attached hydrogens (primary N) is 2. The van der Waals surface area contributed by atoms with Crippen LogP contribution in [0.3, 0.4) is 0 Å². The van der Waals surface area contributed by atoms with Crippen molar-refractivity contribution in [2.24, 2.45) is 11.5 Å². The van der Waals surface area contributed by atoms with Gasteiger partial charge >= 0.3 is 5.97 Å². The molecule has 5 nitrogen and oxygen atoms in total. The quantitative estimate of drug-likeness (QED) is 0.301. The van der Waals surface area contributed by atoms with Crippen molar-refractivity contribution in [1.29, 1.82) is 0 Å². The van der Waals surface area contributed by atoms with Crippen LogP contribution >= 0.6 is 0 Å². The maximum Gasteiger partial charge on any atom is 0.350 e. The van der Waals surface area contributed by atoms with Crippen molar-refractivity contribution in [3.05, 3.63) is 0 Å². The van der Waals surface area contributed by atoms with Crippen molar-refractivity contribution in [2.75, 3.05) is 20.3 Å². The lowest BCUT2D eigenvalue weighted by molar-refractivity contribution is -0.155. The topological polar surface area (TPSA) is 87.6 Å². The Morgan fingerprint density at radius 1 is 1.64 bits per heavy atom. The van der Waals surface area contributed by atoms with Gasteiger partial charge in [0.2, 0.25) is 6.23 Å². The Labute approximate surface area is 65.6 Å². The van der Waals surface area contributed by atoms with E-state index in [1.807, 2.05) is 0 Å². The van der Waals surface area contributed by atoms with Crippen LogP contribution in [0, 0.1) is 0 Å². The predicted octanol–water partition coefficient (Wildman–Crippen LogP) is -1.19. The molecule has 0 aromatic heterocycles. The largest absolute Gasteiger partial charge is 0.463 e. The van der Waals surface area contributed by atoms with Crippen LogP contribution in [0.4, 0.5) is 0 Å². The van der Waals surface area contributed by atoms with Crippen molar-refractivity contribution in [1.82, 2.24) is 0 Å². The van der Waals surface area contributed by atoms with Crippen molar-refractivity contribution in [3.63, 3.8) is 0 Å². The molecule has 0 spiro atoms. The molecular formula is C6H14N2O3. The lowest BCUT2D eigenvalue weighted by Gasteiger charge is -2.08. The maximum absolute atomic E-state index is 10.7. The van der Waals surface area contributed by atoms with E-state index >= 15 is 0 Å². The van der Waals surface area contributed by atoms with Crippen LogP contribution in [0.5, 0.6) is 0 Å². The number of ether oxygens (including phenoxy) is 2. The summed E-state index contributed by atoms with van der Waals surface area (Å²) < 4.78 is 9.18. The summed E-state index contributed by atoms with van der Waals surface area (Å²) in [6, 6.07) is 0. The van der Waals surface area contributed by atoms with Crippen LogP contribution in [0.2, 0.25) is 0 Å². The van der Waals surface area contributed by atoms with E-state index in [1.54, 1.807) is 0 Å². The molecule has 0 aliphatic rings. The molecule has 0 bridgehead atoms. The Kier molecular flexibility index (Phi) is 5.73. The molecule has 0 heterocycles. The van der Waals surface area contributed by atoms with Crippen LogP contribution < -0.4 is 11.5 Å². The molecule has 4 N–H and O–H groups in total. The monoisotopic (exact) mass is 162 g/mol. The summed E-state index contributed by atoms with van der Waals surface area (Å²) in [5.74, 6) is -0.555. The zero-order chi connectivity index (χ0) is 8.69. The summed E-state index contributed by atoms with van der Waals surface area (Å²) in [5, 5.41) is 0. The zero-order valence-corrected chi connectivity index (χ0v) is 6.58. The number of rotatable bonds is 5. The van der Waals surface area contributed by atoms with Crippen LogP contribution in [0.1, 0.15) is 6.42 Å². The molecule has 1 unspecified atom stereocenters. The number of esters is 1. The van der Waals surface area contributed by atoms with Gasteiger partial charge in [-0.2, -0.15) is 0 Å². The second-order valence-electron chi connectivity index (χ2n) is 1.97. The molecule has 0 aromatic rings. The van der Waals surface area contributed by atoms with Gasteiger partial charge in [0.1, 0.15) is 0 Å². The highest BCUT2D eigenvalue weighted by Gasteiger charge is 2.12. The fourth-order valence-electron chi connectivity index (χ4n) is 0.434. The molecule has 0 saturated carbocycles. The molecular weight excluding hydrogens is 148 g/mol. The van der Waals surface area contributed by atoms with Gasteiger partial charge in [-0.1, -0.05) is 0 Å². The molecule has 0 radical (unpaired) electrons. The van der Waals surface area contributed by atoms with Crippen molar-refractivity contribution in [2.45, 2.75) is 12.6 Å². The van der Waals surface area contributed by atoms with Crippen LogP contribution in [0.15, 0.2) is 0 Å². The molecule has 0 saturated heterocycles. The fourth-order valence-corrected chi connectivity index (χ4v) is 0.434. The highest BCUT2D eigenvalue weighted by atomic mass is 16.6. The van der Waals surface area contributed by atoms with E-state index in [9.17, 15) is 4.79 Å². The third-order valence-electron chi connectivity index (χ3n) is 1.08. The molecule has 66 valence electrons. The first-order valence-electron chi connectivity index (χ1n) is 3.37. The normalized spacial score (nSPS) is 12.6. The lowest BCUT2D eigenvalue weighted by Crippen LogP contribution is -2.34. The number of carbonyl (C=O) groups is 1. The maximum atomic E-state index is 10.7. The first kappa shape index (κ1) is 10.3. The van der Waals surface area contributed by atoms with Crippen LogP contribution in [-0.2, 0) is 14.3 Å². The van der Waals surface area contributed by atoms with Gasteiger partial charge in [0, 0.05) is 7.11 Å². The van der Waals surface area contributed by atoms with Gasteiger partial charge in [0.05, 0.1) is 6.61 Å². The van der Waals surface area contributed by atoms with E-state index in [-0.39, 0.29) is 0 Å². The number of carbonyl (C=O) groups excluding carboxylic acids is 1. The summed E-state index contributed by atoms with van der Waals surface area (Å²) in [5.41, 5.74) is 10.3. The third kappa shape index (κ3) is 4.72. The first-order valence-corrected chi connectivity index (χ1v) is 3.37. The number of hydrogen-bond donors (Lipinski definition) is 2. The van der Waals surface area contributed by atoms with Gasteiger partial charge in [0.15, 0.2) is 0 Å². The molecule has 0 aliphatic heterocycles. The summed E-state index contributed by atoms with van der Waals surface area (Å²) in [6.45, 7) is 0.794. The zero-order valence-electron chi connectivity index (χ0n) is 6.58. The van der Waals surface area contributed by atoms with E-state index in [4.69, 9.17) is 11.5 Å². The first-order chi connectivity index (χ1) is 5.22. The second-order valence-corrected chi connectivity index (χ2v) is 1.97. The minimum atomic E-state index is -0.979. The van der Waals surface area contributed by atoms with E-state index in [2.05, 4.69) is 9.47 Å². The Morgan fingerprint density at radius 3 is 2.73 bits per heavy atom. The highest BCUT2D eigenvalue weighted by molar-refractivity contribution is 5.73. The van der Waals surface area contributed by atoms with Gasteiger partial charge in [-0.3, -0.25) is 5.73 Å².